The Morgan fingerprint density at radius 3 is 1.23 bits per heavy atom. The predicted molar refractivity (Wildman–Crippen MR) is 218 cm³/mol. The van der Waals surface area contributed by atoms with Gasteiger partial charge in [-0.3, -0.25) is 0 Å². The van der Waals surface area contributed by atoms with Gasteiger partial charge in [-0.1, -0.05) is 146 Å². The van der Waals surface area contributed by atoms with Gasteiger partial charge < -0.3 is 8.83 Å². The van der Waals surface area contributed by atoms with E-state index in [2.05, 4.69) is 158 Å². The lowest BCUT2D eigenvalue weighted by Gasteiger charge is -2.22. The first-order valence-corrected chi connectivity index (χ1v) is 17.8. The molecule has 0 fully saturated rings. The highest BCUT2D eigenvalue weighted by atomic mass is 16.3. The molecule has 2 heteroatoms. The Bertz CT molecular complexity index is 3120. The number of hydrogen-bond donors (Lipinski definition) is 0. The summed E-state index contributed by atoms with van der Waals surface area (Å²) < 4.78 is 12.5. The molecule has 0 aliphatic heterocycles. The van der Waals surface area contributed by atoms with Gasteiger partial charge in [0, 0.05) is 21.5 Å². The molecular formula is C50H30O2. The van der Waals surface area contributed by atoms with E-state index in [4.69, 9.17) is 8.83 Å². The smallest absolute Gasteiger partial charge is 0.135 e. The van der Waals surface area contributed by atoms with Crippen molar-refractivity contribution in [3.8, 4) is 44.5 Å². The summed E-state index contributed by atoms with van der Waals surface area (Å²) >= 11 is 0. The summed E-state index contributed by atoms with van der Waals surface area (Å²) in [6.45, 7) is 0. The molecule has 0 unspecified atom stereocenters. The van der Waals surface area contributed by atoms with E-state index in [1.165, 1.54) is 60.5 Å². The Labute approximate surface area is 299 Å². The zero-order valence-corrected chi connectivity index (χ0v) is 28.1. The monoisotopic (exact) mass is 662 g/mol. The molecule has 2 nitrogen and oxygen atoms in total. The van der Waals surface area contributed by atoms with E-state index < -0.39 is 0 Å². The fraction of sp³-hybridized carbons (Fsp3) is 0. The molecule has 2 aromatic heterocycles. The molecule has 0 amide bonds. The minimum absolute atomic E-state index is 0.897. The Balaban J connectivity index is 1.25. The lowest BCUT2D eigenvalue weighted by Crippen LogP contribution is -1.95. The van der Waals surface area contributed by atoms with E-state index in [1.54, 1.807) is 0 Å². The van der Waals surface area contributed by atoms with Gasteiger partial charge in [0.1, 0.15) is 22.3 Å². The third-order valence-corrected chi connectivity index (χ3v) is 10.7. The standard InChI is InChI=1S/C50H30O2/c1-2-13-31(14-3-1)34-21-12-22-35(32-25-27-46-42(29-32)36-15-8-10-23-44(36)51-46)49(34)50-40-19-6-4-17-38(40)48(39-18-5-7-20-41(39)50)33-26-28-47-43(30-33)37-16-9-11-24-45(37)52-47/h1-30H. The summed E-state index contributed by atoms with van der Waals surface area (Å²) in [6.07, 6.45) is 0. The van der Waals surface area contributed by atoms with Crippen molar-refractivity contribution in [2.24, 2.45) is 0 Å². The molecule has 0 saturated heterocycles. The Kier molecular flexibility index (Phi) is 6.28. The van der Waals surface area contributed by atoms with Crippen molar-refractivity contribution in [1.29, 1.82) is 0 Å². The summed E-state index contributed by atoms with van der Waals surface area (Å²) in [5, 5.41) is 9.37. The number of hydrogen-bond acceptors (Lipinski definition) is 2. The van der Waals surface area contributed by atoms with Crippen LogP contribution in [0.5, 0.6) is 0 Å². The number of para-hydroxylation sites is 2. The zero-order chi connectivity index (χ0) is 34.2. The Morgan fingerprint density at radius 2 is 0.654 bits per heavy atom. The minimum atomic E-state index is 0.897. The van der Waals surface area contributed by atoms with Crippen molar-refractivity contribution < 1.29 is 8.83 Å². The Hall–Kier alpha value is -6.90. The van der Waals surface area contributed by atoms with Crippen LogP contribution in [0.2, 0.25) is 0 Å². The molecule has 0 bridgehead atoms. The molecule has 0 aliphatic rings. The van der Waals surface area contributed by atoms with Crippen molar-refractivity contribution in [3.63, 3.8) is 0 Å². The molecule has 242 valence electrons. The third-order valence-electron chi connectivity index (χ3n) is 10.7. The number of furan rings is 2. The van der Waals surface area contributed by atoms with Gasteiger partial charge in [0.25, 0.3) is 0 Å². The fourth-order valence-electron chi connectivity index (χ4n) is 8.40. The van der Waals surface area contributed by atoms with Gasteiger partial charge in [0.2, 0.25) is 0 Å². The maximum atomic E-state index is 6.26. The van der Waals surface area contributed by atoms with Gasteiger partial charge in [-0.2, -0.15) is 0 Å². The second-order valence-electron chi connectivity index (χ2n) is 13.6. The predicted octanol–water partition coefficient (Wildman–Crippen LogP) is 14.5. The molecule has 11 aromatic rings. The van der Waals surface area contributed by atoms with Crippen LogP contribution in [0, 0.1) is 0 Å². The van der Waals surface area contributed by atoms with E-state index >= 15 is 0 Å². The topological polar surface area (TPSA) is 26.3 Å². The lowest BCUT2D eigenvalue weighted by molar-refractivity contribution is 0.668. The molecule has 52 heavy (non-hydrogen) atoms. The summed E-state index contributed by atoms with van der Waals surface area (Å²) in [5.74, 6) is 0. The van der Waals surface area contributed by atoms with Crippen LogP contribution in [0.15, 0.2) is 191 Å². The van der Waals surface area contributed by atoms with Crippen LogP contribution in [0.4, 0.5) is 0 Å². The summed E-state index contributed by atoms with van der Waals surface area (Å²) in [6, 6.07) is 65.3. The summed E-state index contributed by atoms with van der Waals surface area (Å²) in [4.78, 5) is 0. The molecule has 0 saturated carbocycles. The van der Waals surface area contributed by atoms with Crippen LogP contribution in [0.3, 0.4) is 0 Å². The normalized spacial score (nSPS) is 11.8. The van der Waals surface area contributed by atoms with Gasteiger partial charge in [-0.25, -0.2) is 0 Å². The molecule has 0 aliphatic carbocycles. The number of rotatable bonds is 4. The van der Waals surface area contributed by atoms with Crippen LogP contribution in [-0.2, 0) is 0 Å². The summed E-state index contributed by atoms with van der Waals surface area (Å²) in [7, 11) is 0. The van der Waals surface area contributed by atoms with Crippen LogP contribution in [0.1, 0.15) is 0 Å². The molecule has 0 radical (unpaired) electrons. The highest BCUT2D eigenvalue weighted by Gasteiger charge is 2.23. The maximum Gasteiger partial charge on any atom is 0.135 e. The summed E-state index contributed by atoms with van der Waals surface area (Å²) in [5.41, 5.74) is 13.2. The quantitative estimate of drug-likeness (QED) is 0.175. The average molecular weight is 663 g/mol. The fourth-order valence-corrected chi connectivity index (χ4v) is 8.40. The zero-order valence-electron chi connectivity index (χ0n) is 28.1. The second kappa shape index (κ2) is 11.3. The first-order valence-electron chi connectivity index (χ1n) is 17.8. The van der Waals surface area contributed by atoms with E-state index in [0.29, 0.717) is 0 Å². The molecule has 0 N–H and O–H groups in total. The number of benzene rings is 9. The van der Waals surface area contributed by atoms with Gasteiger partial charge in [-0.05, 0) is 102 Å². The van der Waals surface area contributed by atoms with Crippen molar-refractivity contribution in [1.82, 2.24) is 0 Å². The van der Waals surface area contributed by atoms with Gasteiger partial charge >= 0.3 is 0 Å². The highest BCUT2D eigenvalue weighted by molar-refractivity contribution is 6.24. The van der Waals surface area contributed by atoms with Crippen molar-refractivity contribution in [3.05, 3.63) is 182 Å². The SMILES string of the molecule is c1ccc(-c2cccc(-c3ccc4oc5ccccc5c4c3)c2-c2c3ccccc3c(-c3ccc4oc5ccccc5c4c3)c3ccccc23)cc1. The molecular weight excluding hydrogens is 633 g/mol. The number of fused-ring (bicyclic) bond motifs is 8. The molecule has 0 atom stereocenters. The molecule has 11 rings (SSSR count). The Morgan fingerprint density at radius 1 is 0.231 bits per heavy atom. The second-order valence-corrected chi connectivity index (χ2v) is 13.6. The van der Waals surface area contributed by atoms with Gasteiger partial charge in [-0.15, -0.1) is 0 Å². The van der Waals surface area contributed by atoms with Crippen LogP contribution in [-0.4, -0.2) is 0 Å². The van der Waals surface area contributed by atoms with Gasteiger partial charge in [0.15, 0.2) is 0 Å². The minimum Gasteiger partial charge on any atom is -0.456 e. The largest absolute Gasteiger partial charge is 0.456 e. The third kappa shape index (κ3) is 4.31. The highest BCUT2D eigenvalue weighted by Crippen LogP contribution is 2.50. The van der Waals surface area contributed by atoms with Crippen LogP contribution < -0.4 is 0 Å². The van der Waals surface area contributed by atoms with Gasteiger partial charge in [0.05, 0.1) is 0 Å². The first kappa shape index (κ1) is 28.9. The maximum absolute atomic E-state index is 6.26. The van der Waals surface area contributed by atoms with Crippen LogP contribution in [0.25, 0.3) is 110 Å². The average Bonchev–Trinajstić information content (AvgIpc) is 3.78. The van der Waals surface area contributed by atoms with Crippen molar-refractivity contribution in [2.75, 3.05) is 0 Å². The van der Waals surface area contributed by atoms with Crippen molar-refractivity contribution >= 4 is 65.4 Å². The first-order chi connectivity index (χ1) is 25.8. The van der Waals surface area contributed by atoms with E-state index in [9.17, 15) is 0 Å². The molecule has 2 heterocycles. The van der Waals surface area contributed by atoms with Crippen LogP contribution >= 0.6 is 0 Å². The lowest BCUT2D eigenvalue weighted by atomic mass is 9.81. The van der Waals surface area contributed by atoms with Crippen molar-refractivity contribution in [2.45, 2.75) is 0 Å². The molecule has 9 aromatic carbocycles. The van der Waals surface area contributed by atoms with E-state index in [-0.39, 0.29) is 0 Å². The van der Waals surface area contributed by atoms with E-state index in [0.717, 1.165) is 49.4 Å². The molecule has 0 spiro atoms. The van der Waals surface area contributed by atoms with E-state index in [1.807, 2.05) is 24.3 Å².